The molecule has 6 N–H and O–H groups in total. The Morgan fingerprint density at radius 2 is 2.00 bits per heavy atom. The lowest BCUT2D eigenvalue weighted by atomic mass is 10.3. The van der Waals surface area contributed by atoms with E-state index in [9.17, 15) is 14.4 Å². The molecule has 0 aliphatic carbocycles. The minimum atomic E-state index is -1.36. The molecule has 0 fully saturated rings. The molecule has 17 heavy (non-hydrogen) atoms. The topological polar surface area (TPSA) is 151 Å². The van der Waals surface area contributed by atoms with Gasteiger partial charge in [0, 0.05) is 6.54 Å². The highest BCUT2D eigenvalue weighted by Gasteiger charge is 2.17. The summed E-state index contributed by atoms with van der Waals surface area (Å²) in [5, 5.41) is 21.4. The van der Waals surface area contributed by atoms with E-state index in [1.54, 1.807) is 0 Å². The molecule has 98 valence electrons. The van der Waals surface area contributed by atoms with Gasteiger partial charge in [-0.3, -0.25) is 4.79 Å². The van der Waals surface area contributed by atoms with Crippen LogP contribution in [0.25, 0.3) is 0 Å². The largest absolute Gasteiger partial charge is 0.480 e. The molecule has 0 heterocycles. The van der Waals surface area contributed by atoms with Crippen LogP contribution in [0.1, 0.15) is 0 Å². The van der Waals surface area contributed by atoms with Gasteiger partial charge in [-0.25, -0.2) is 9.59 Å². The molecule has 0 saturated heterocycles. The molecule has 3 amide bonds. The van der Waals surface area contributed by atoms with E-state index in [1.807, 2.05) is 5.32 Å². The maximum Gasteiger partial charge on any atom is 0.328 e. The zero-order valence-electron chi connectivity index (χ0n) is 9.01. The maximum absolute atomic E-state index is 11.1. The summed E-state index contributed by atoms with van der Waals surface area (Å²) in [6.07, 6.45) is 0. The summed E-state index contributed by atoms with van der Waals surface area (Å²) < 4.78 is 4.74. The predicted octanol–water partition coefficient (Wildman–Crippen LogP) is -2.77. The van der Waals surface area contributed by atoms with Gasteiger partial charge in [-0.05, 0) is 0 Å². The third-order valence-electron chi connectivity index (χ3n) is 1.56. The third kappa shape index (κ3) is 7.99. The summed E-state index contributed by atoms with van der Waals surface area (Å²) in [5.41, 5.74) is 4.80. The number of carbonyl (C=O) groups excluding carboxylic acids is 2. The molecule has 0 aromatic rings. The van der Waals surface area contributed by atoms with Crippen molar-refractivity contribution in [2.24, 2.45) is 5.73 Å². The fourth-order valence-electron chi connectivity index (χ4n) is 0.804. The average Bonchev–Trinajstić information content (AvgIpc) is 2.24. The molecule has 0 aromatic heterocycles. The number of urea groups is 1. The van der Waals surface area contributed by atoms with Gasteiger partial charge in [0.1, 0.15) is 6.61 Å². The molecule has 0 spiro atoms. The number of aliphatic carboxylic acids is 1. The van der Waals surface area contributed by atoms with Crippen molar-refractivity contribution in [2.45, 2.75) is 6.04 Å². The van der Waals surface area contributed by atoms with E-state index in [1.165, 1.54) is 0 Å². The van der Waals surface area contributed by atoms with Crippen LogP contribution in [-0.4, -0.2) is 60.5 Å². The van der Waals surface area contributed by atoms with Gasteiger partial charge in [0.2, 0.25) is 5.91 Å². The Morgan fingerprint density at radius 3 is 2.47 bits per heavy atom. The first-order valence-corrected chi connectivity index (χ1v) is 4.71. The van der Waals surface area contributed by atoms with Gasteiger partial charge in [0.15, 0.2) is 6.04 Å². The van der Waals surface area contributed by atoms with Crippen molar-refractivity contribution in [3.05, 3.63) is 0 Å². The lowest BCUT2D eigenvalue weighted by Gasteiger charge is -2.12. The molecule has 0 bridgehead atoms. The highest BCUT2D eigenvalue weighted by atomic mass is 16.5. The maximum atomic E-state index is 11.1. The Kier molecular flexibility index (Phi) is 7.39. The van der Waals surface area contributed by atoms with E-state index in [0.29, 0.717) is 0 Å². The van der Waals surface area contributed by atoms with E-state index in [0.717, 1.165) is 0 Å². The number of nitrogens with one attached hydrogen (secondary N) is 2. The van der Waals surface area contributed by atoms with Crippen LogP contribution in [0.3, 0.4) is 0 Å². The Labute approximate surface area is 96.9 Å². The van der Waals surface area contributed by atoms with Gasteiger partial charge in [0.25, 0.3) is 0 Å². The lowest BCUT2D eigenvalue weighted by molar-refractivity contribution is -0.140. The van der Waals surface area contributed by atoms with Crippen LogP contribution >= 0.6 is 0 Å². The molecule has 0 aliphatic heterocycles. The Hall–Kier alpha value is -1.87. The SMILES string of the molecule is NC(=O)COCCNC(=O)N[C@H](CO)C(=O)O. The van der Waals surface area contributed by atoms with Gasteiger partial charge in [-0.2, -0.15) is 0 Å². The zero-order valence-corrected chi connectivity index (χ0v) is 9.01. The summed E-state index contributed by atoms with van der Waals surface area (Å²) in [5.74, 6) is -1.96. The van der Waals surface area contributed by atoms with Crippen LogP contribution in [0.2, 0.25) is 0 Å². The lowest BCUT2D eigenvalue weighted by Crippen LogP contribution is -2.48. The smallest absolute Gasteiger partial charge is 0.328 e. The fraction of sp³-hybridized carbons (Fsp3) is 0.625. The van der Waals surface area contributed by atoms with E-state index in [4.69, 9.17) is 20.7 Å². The Bertz CT molecular complexity index is 282. The molecular formula is C8H15N3O6. The number of carboxylic acids is 1. The fourth-order valence-corrected chi connectivity index (χ4v) is 0.804. The normalized spacial score (nSPS) is 11.6. The van der Waals surface area contributed by atoms with E-state index in [-0.39, 0.29) is 19.8 Å². The van der Waals surface area contributed by atoms with Gasteiger partial charge in [-0.15, -0.1) is 0 Å². The number of amides is 3. The minimum absolute atomic E-state index is 0.0627. The molecule has 9 heteroatoms. The summed E-state index contributed by atoms with van der Waals surface area (Å²) in [6.45, 7) is -0.817. The van der Waals surface area contributed by atoms with Crippen LogP contribution in [0, 0.1) is 0 Å². The van der Waals surface area contributed by atoms with Gasteiger partial charge < -0.3 is 31.3 Å². The Balaban J connectivity index is 3.65. The van der Waals surface area contributed by atoms with Gasteiger partial charge in [0.05, 0.1) is 13.2 Å². The van der Waals surface area contributed by atoms with Crippen molar-refractivity contribution in [1.82, 2.24) is 10.6 Å². The second-order valence-corrected chi connectivity index (χ2v) is 2.99. The highest BCUT2D eigenvalue weighted by molar-refractivity contribution is 5.82. The van der Waals surface area contributed by atoms with E-state index < -0.39 is 30.6 Å². The monoisotopic (exact) mass is 249 g/mol. The van der Waals surface area contributed by atoms with Crippen LogP contribution in [-0.2, 0) is 14.3 Å². The zero-order chi connectivity index (χ0) is 13.3. The third-order valence-corrected chi connectivity index (χ3v) is 1.56. The summed E-state index contributed by atoms with van der Waals surface area (Å²) >= 11 is 0. The predicted molar refractivity (Wildman–Crippen MR) is 55.1 cm³/mol. The highest BCUT2D eigenvalue weighted by Crippen LogP contribution is 1.82. The molecule has 0 saturated carbocycles. The molecular weight excluding hydrogens is 234 g/mol. The molecule has 0 unspecified atom stereocenters. The first kappa shape index (κ1) is 15.1. The number of primary amides is 1. The van der Waals surface area contributed by atoms with Crippen molar-refractivity contribution in [3.63, 3.8) is 0 Å². The summed E-state index contributed by atoms with van der Waals surface area (Å²) in [6, 6.07) is -2.12. The summed E-state index contributed by atoms with van der Waals surface area (Å²) in [7, 11) is 0. The van der Waals surface area contributed by atoms with Crippen molar-refractivity contribution in [2.75, 3.05) is 26.4 Å². The van der Waals surface area contributed by atoms with Crippen molar-refractivity contribution >= 4 is 17.9 Å². The second kappa shape index (κ2) is 8.30. The second-order valence-electron chi connectivity index (χ2n) is 2.99. The quantitative estimate of drug-likeness (QED) is 0.294. The van der Waals surface area contributed by atoms with Crippen LogP contribution in [0.15, 0.2) is 0 Å². The number of hydrogen-bond acceptors (Lipinski definition) is 5. The first-order chi connectivity index (χ1) is 7.97. The number of rotatable bonds is 8. The number of aliphatic hydroxyl groups is 1. The molecule has 0 aromatic carbocycles. The Morgan fingerprint density at radius 1 is 1.35 bits per heavy atom. The number of nitrogens with two attached hydrogens (primary N) is 1. The minimum Gasteiger partial charge on any atom is -0.480 e. The standard InChI is InChI=1S/C8H15N3O6/c9-6(13)4-17-2-1-10-8(16)11-5(3-12)7(14)15/h5,12H,1-4H2,(H2,9,13)(H,14,15)(H2,10,11,16)/t5-/m1/s1. The summed E-state index contributed by atoms with van der Waals surface area (Å²) in [4.78, 5) is 31.8. The average molecular weight is 249 g/mol. The van der Waals surface area contributed by atoms with Crippen molar-refractivity contribution in [3.8, 4) is 0 Å². The molecule has 1 atom stereocenters. The molecule has 0 rings (SSSR count). The molecule has 0 aliphatic rings. The molecule has 9 nitrogen and oxygen atoms in total. The number of hydrogen-bond donors (Lipinski definition) is 5. The first-order valence-electron chi connectivity index (χ1n) is 4.71. The van der Waals surface area contributed by atoms with Crippen LogP contribution in [0.4, 0.5) is 4.79 Å². The molecule has 0 radical (unpaired) electrons. The van der Waals surface area contributed by atoms with E-state index in [2.05, 4.69) is 5.32 Å². The van der Waals surface area contributed by atoms with Crippen LogP contribution < -0.4 is 16.4 Å². The number of carbonyl (C=O) groups is 3. The van der Waals surface area contributed by atoms with E-state index >= 15 is 0 Å². The van der Waals surface area contributed by atoms with Gasteiger partial charge in [-0.1, -0.05) is 0 Å². The van der Waals surface area contributed by atoms with Crippen LogP contribution in [0.5, 0.6) is 0 Å². The van der Waals surface area contributed by atoms with Crippen molar-refractivity contribution < 1.29 is 29.3 Å². The van der Waals surface area contributed by atoms with Crippen molar-refractivity contribution in [1.29, 1.82) is 0 Å². The number of ether oxygens (including phenoxy) is 1. The number of aliphatic hydroxyl groups excluding tert-OH is 1. The van der Waals surface area contributed by atoms with Gasteiger partial charge >= 0.3 is 12.0 Å². The number of carboxylic acid groups (broad SMARTS) is 1.